The molecule has 2 atom stereocenters. The lowest BCUT2D eigenvalue weighted by molar-refractivity contribution is 0.119. The maximum atomic E-state index is 16.5. The summed E-state index contributed by atoms with van der Waals surface area (Å²) in [5, 5.41) is 21.3. The topological polar surface area (TPSA) is 119 Å². The Morgan fingerprint density at radius 1 is 1.17 bits per heavy atom. The van der Waals surface area contributed by atoms with Crippen LogP contribution >= 0.6 is 0 Å². The van der Waals surface area contributed by atoms with E-state index in [0.29, 0.717) is 29.9 Å². The van der Waals surface area contributed by atoms with Crippen molar-refractivity contribution in [1.82, 2.24) is 24.8 Å². The molecular weight excluding hydrogens is 537 g/mol. The Morgan fingerprint density at radius 3 is 2.71 bits per heavy atom. The average Bonchev–Trinajstić information content (AvgIpc) is 3.40. The second-order valence-electron chi connectivity index (χ2n) is 11.0. The molecule has 2 aliphatic heterocycles. The van der Waals surface area contributed by atoms with E-state index in [1.54, 1.807) is 6.20 Å². The molecule has 6 rings (SSSR count). The van der Waals surface area contributed by atoms with E-state index >= 15 is 4.39 Å². The Bertz CT molecular complexity index is 1700. The minimum atomic E-state index is -1.07. The maximum absolute atomic E-state index is 16.5. The first-order valence-electron chi connectivity index (χ1n) is 14.1. The fourth-order valence-corrected chi connectivity index (χ4v) is 6.18. The first-order valence-corrected chi connectivity index (χ1v) is 14.1. The Labute approximate surface area is 243 Å². The molecule has 0 radical (unpaired) electrons. The molecule has 2 aromatic heterocycles. The summed E-state index contributed by atoms with van der Waals surface area (Å²) in [6.45, 7) is 4.07. The van der Waals surface area contributed by atoms with Gasteiger partial charge in [0.2, 0.25) is 0 Å². The Balaban J connectivity index is 1.46. The molecule has 1 amide bonds. The molecule has 0 unspecified atom stereocenters. The number of benzene rings is 2. The van der Waals surface area contributed by atoms with E-state index in [1.807, 2.05) is 48.2 Å². The van der Waals surface area contributed by atoms with Crippen LogP contribution in [0.25, 0.3) is 32.9 Å². The van der Waals surface area contributed by atoms with Gasteiger partial charge in [-0.2, -0.15) is 15.2 Å². The maximum Gasteiger partial charge on any atom is 0.407 e. The number of carboxylic acid groups (broad SMARTS) is 1. The van der Waals surface area contributed by atoms with Crippen molar-refractivity contribution >= 4 is 33.6 Å². The summed E-state index contributed by atoms with van der Waals surface area (Å²) >= 11 is 0. The normalized spacial score (nSPS) is 19.4. The summed E-state index contributed by atoms with van der Waals surface area (Å²) in [7, 11) is 2.05. The molecule has 216 valence electrons. The summed E-state index contributed by atoms with van der Waals surface area (Å²) < 4.78 is 22.6. The standard InChI is InChI=1S/C31H32FN7O3/c1-19-6-3-7-20-8-4-10-23(25(19)20)27-26(32)28-24(16-34-27)29(36-30(35-28)42-18-22-9-5-13-37(22)2)38-14-15-39(31(40)41)21(17-38)11-12-33/h3-4,6-8,10,16,21-22H,5,9,11,13-15,17-18H2,1-2H3,(H,40,41)/t21-,22-/m0/s1. The van der Waals surface area contributed by atoms with E-state index in [-0.39, 0.29) is 42.8 Å². The molecule has 0 aliphatic carbocycles. The van der Waals surface area contributed by atoms with Gasteiger partial charge in [-0.1, -0.05) is 36.4 Å². The van der Waals surface area contributed by atoms with E-state index in [2.05, 4.69) is 28.0 Å². The van der Waals surface area contributed by atoms with Crippen molar-refractivity contribution in [3.8, 4) is 23.3 Å². The highest BCUT2D eigenvalue weighted by Gasteiger charge is 2.33. The molecular formula is C31H32FN7O3. The number of piperazine rings is 1. The molecule has 2 aromatic carbocycles. The van der Waals surface area contributed by atoms with Crippen LogP contribution in [-0.2, 0) is 0 Å². The van der Waals surface area contributed by atoms with Crippen LogP contribution < -0.4 is 9.64 Å². The summed E-state index contributed by atoms with van der Waals surface area (Å²) in [6, 6.07) is 13.5. The van der Waals surface area contributed by atoms with Crippen molar-refractivity contribution in [3.05, 3.63) is 54.0 Å². The van der Waals surface area contributed by atoms with Crippen LogP contribution in [0.2, 0.25) is 0 Å². The molecule has 0 spiro atoms. The SMILES string of the molecule is Cc1cccc2cccc(-c3ncc4c(N5CCN(C(=O)O)[C@@H](CC#N)C5)nc(OC[C@@H]5CCCN5C)nc4c3F)c12. The zero-order valence-electron chi connectivity index (χ0n) is 23.6. The first-order chi connectivity index (χ1) is 20.4. The number of likely N-dealkylation sites (N-methyl/N-ethyl adjacent to an activating group) is 1. The lowest BCUT2D eigenvalue weighted by Crippen LogP contribution is -2.55. The number of likely N-dealkylation sites (tertiary alicyclic amines) is 1. The minimum absolute atomic E-state index is 0.0282. The Kier molecular flexibility index (Phi) is 7.47. The number of carbonyl (C=O) groups is 1. The molecule has 0 bridgehead atoms. The van der Waals surface area contributed by atoms with Gasteiger partial charge in [-0.05, 0) is 49.7 Å². The first kappa shape index (κ1) is 27.6. The van der Waals surface area contributed by atoms with Crippen LogP contribution in [0.5, 0.6) is 6.01 Å². The number of rotatable bonds is 6. The quantitative estimate of drug-likeness (QED) is 0.348. The molecule has 4 aromatic rings. The highest BCUT2D eigenvalue weighted by atomic mass is 19.1. The van der Waals surface area contributed by atoms with Gasteiger partial charge in [-0.3, -0.25) is 4.98 Å². The van der Waals surface area contributed by atoms with Crippen molar-refractivity contribution in [2.24, 2.45) is 0 Å². The molecule has 2 fully saturated rings. The summed E-state index contributed by atoms with van der Waals surface area (Å²) in [6.07, 6.45) is 2.61. The van der Waals surface area contributed by atoms with Gasteiger partial charge >= 0.3 is 12.1 Å². The molecule has 1 N–H and O–H groups in total. The van der Waals surface area contributed by atoms with Crippen molar-refractivity contribution < 1.29 is 19.0 Å². The van der Waals surface area contributed by atoms with Gasteiger partial charge in [0, 0.05) is 37.4 Å². The van der Waals surface area contributed by atoms with Crippen LogP contribution in [0.3, 0.4) is 0 Å². The van der Waals surface area contributed by atoms with E-state index < -0.39 is 18.0 Å². The molecule has 11 heteroatoms. The summed E-state index contributed by atoms with van der Waals surface area (Å²) in [5.74, 6) is -0.165. The summed E-state index contributed by atoms with van der Waals surface area (Å²) in [5.41, 5.74) is 1.95. The Morgan fingerprint density at radius 2 is 1.98 bits per heavy atom. The van der Waals surface area contributed by atoms with Gasteiger partial charge in [-0.15, -0.1) is 0 Å². The smallest absolute Gasteiger partial charge is 0.407 e. The number of aromatic nitrogens is 3. The predicted octanol–water partition coefficient (Wildman–Crippen LogP) is 4.85. The highest BCUT2D eigenvalue weighted by molar-refractivity contribution is 6.00. The zero-order chi connectivity index (χ0) is 29.4. The van der Waals surface area contributed by atoms with Crippen LogP contribution in [0.4, 0.5) is 15.0 Å². The van der Waals surface area contributed by atoms with Gasteiger partial charge in [-0.25, -0.2) is 9.18 Å². The largest absolute Gasteiger partial charge is 0.465 e. The number of amides is 1. The Hall–Kier alpha value is -4.56. The number of nitriles is 1. The molecule has 2 aliphatic rings. The zero-order valence-corrected chi connectivity index (χ0v) is 23.6. The van der Waals surface area contributed by atoms with E-state index in [9.17, 15) is 15.2 Å². The third-order valence-electron chi connectivity index (χ3n) is 8.44. The minimum Gasteiger partial charge on any atom is -0.465 e. The highest BCUT2D eigenvalue weighted by Crippen LogP contribution is 2.36. The average molecular weight is 570 g/mol. The van der Waals surface area contributed by atoms with Crippen molar-refractivity contribution in [2.75, 3.05) is 44.7 Å². The van der Waals surface area contributed by atoms with E-state index in [1.165, 1.54) is 4.90 Å². The number of halogens is 1. The fourth-order valence-electron chi connectivity index (χ4n) is 6.18. The molecule has 4 heterocycles. The van der Waals surface area contributed by atoms with Gasteiger partial charge in [0.25, 0.3) is 0 Å². The van der Waals surface area contributed by atoms with Crippen molar-refractivity contribution in [3.63, 3.8) is 0 Å². The molecule has 2 saturated heterocycles. The van der Waals surface area contributed by atoms with E-state index in [0.717, 1.165) is 35.7 Å². The lowest BCUT2D eigenvalue weighted by atomic mass is 9.97. The number of anilines is 1. The van der Waals surface area contributed by atoms with Crippen LogP contribution in [0.1, 0.15) is 24.8 Å². The number of fused-ring (bicyclic) bond motifs is 2. The predicted molar refractivity (Wildman–Crippen MR) is 157 cm³/mol. The van der Waals surface area contributed by atoms with Gasteiger partial charge in [0.1, 0.15) is 23.6 Å². The van der Waals surface area contributed by atoms with Crippen LogP contribution in [0.15, 0.2) is 42.6 Å². The number of pyridine rings is 1. The number of hydrogen-bond acceptors (Lipinski definition) is 8. The van der Waals surface area contributed by atoms with Gasteiger partial charge in [0.15, 0.2) is 5.82 Å². The molecule has 10 nitrogen and oxygen atoms in total. The third kappa shape index (κ3) is 5.03. The van der Waals surface area contributed by atoms with Crippen molar-refractivity contribution in [2.45, 2.75) is 38.3 Å². The van der Waals surface area contributed by atoms with Gasteiger partial charge in [0.05, 0.1) is 23.9 Å². The third-order valence-corrected chi connectivity index (χ3v) is 8.44. The number of aryl methyl sites for hydroxylation is 1. The summed E-state index contributed by atoms with van der Waals surface area (Å²) in [4.78, 5) is 31.0. The van der Waals surface area contributed by atoms with E-state index in [4.69, 9.17) is 9.72 Å². The van der Waals surface area contributed by atoms with Gasteiger partial charge < -0.3 is 24.5 Å². The number of nitrogens with zero attached hydrogens (tertiary/aromatic N) is 7. The van der Waals surface area contributed by atoms with Crippen molar-refractivity contribution in [1.29, 1.82) is 5.26 Å². The van der Waals surface area contributed by atoms with Crippen LogP contribution in [0, 0.1) is 24.1 Å². The van der Waals surface area contributed by atoms with Crippen LogP contribution in [-0.4, -0.2) is 87.9 Å². The molecule has 0 saturated carbocycles. The second kappa shape index (κ2) is 11.4. The number of hydrogen-bond donors (Lipinski definition) is 1. The monoisotopic (exact) mass is 569 g/mol. The second-order valence-corrected chi connectivity index (χ2v) is 11.0. The fraction of sp³-hybridized carbons (Fsp3) is 0.387. The lowest BCUT2D eigenvalue weighted by Gasteiger charge is -2.39. The number of ether oxygens (including phenoxy) is 1. The molecule has 42 heavy (non-hydrogen) atoms.